The molecule has 2 aromatic rings. The van der Waals surface area contributed by atoms with E-state index in [1.807, 2.05) is 0 Å². The molecule has 9 heteroatoms. The molecule has 3 rings (SSSR count). The molecule has 0 aromatic heterocycles. The molecule has 0 unspecified atom stereocenters. The number of thioether (sulfide) groups is 1. The maximum atomic E-state index is 13.6. The Balaban J connectivity index is 1.75. The third-order valence-corrected chi connectivity index (χ3v) is 4.64. The Morgan fingerprint density at radius 2 is 1.20 bits per heavy atom. The smallest absolute Gasteiger partial charge is 0.261 e. The van der Waals surface area contributed by atoms with Crippen LogP contribution in [0.3, 0.4) is 0 Å². The first-order chi connectivity index (χ1) is 11.8. The molecule has 2 amide bonds. The van der Waals surface area contributed by atoms with E-state index in [-0.39, 0.29) is 23.4 Å². The third-order valence-electron chi connectivity index (χ3n) is 3.61. The van der Waals surface area contributed by atoms with Gasteiger partial charge < -0.3 is 0 Å². The lowest BCUT2D eigenvalue weighted by Gasteiger charge is -2.14. The first-order valence-corrected chi connectivity index (χ1v) is 7.92. The van der Waals surface area contributed by atoms with Crippen LogP contribution in [0.15, 0.2) is 29.2 Å². The van der Waals surface area contributed by atoms with Crippen LogP contribution in [0, 0.1) is 29.1 Å². The fourth-order valence-electron chi connectivity index (χ4n) is 2.39. The van der Waals surface area contributed by atoms with Crippen molar-refractivity contribution in [1.82, 2.24) is 4.90 Å². The lowest BCUT2D eigenvalue weighted by atomic mass is 10.1. The molecule has 0 spiro atoms. The van der Waals surface area contributed by atoms with Crippen LogP contribution in [0.1, 0.15) is 20.7 Å². The second kappa shape index (κ2) is 6.47. The van der Waals surface area contributed by atoms with Gasteiger partial charge in [-0.3, -0.25) is 14.5 Å². The van der Waals surface area contributed by atoms with Gasteiger partial charge in [-0.2, -0.15) is 0 Å². The van der Waals surface area contributed by atoms with E-state index in [2.05, 4.69) is 0 Å². The van der Waals surface area contributed by atoms with Crippen molar-refractivity contribution in [3.63, 3.8) is 0 Å². The monoisotopic (exact) mass is 373 g/mol. The van der Waals surface area contributed by atoms with Crippen molar-refractivity contribution in [3.05, 3.63) is 64.5 Å². The van der Waals surface area contributed by atoms with Gasteiger partial charge in [0.15, 0.2) is 23.3 Å². The van der Waals surface area contributed by atoms with E-state index in [0.717, 1.165) is 4.90 Å². The van der Waals surface area contributed by atoms with Gasteiger partial charge in [-0.05, 0) is 12.1 Å². The van der Waals surface area contributed by atoms with Crippen LogP contribution in [0.4, 0.5) is 22.0 Å². The van der Waals surface area contributed by atoms with Crippen LogP contribution < -0.4 is 0 Å². The van der Waals surface area contributed by atoms with Gasteiger partial charge in [0, 0.05) is 12.3 Å². The SMILES string of the molecule is O=C1c2ccccc2C(=O)N1CCSc1c(F)c(F)c(F)c(F)c1F. The molecule has 1 aliphatic rings. The van der Waals surface area contributed by atoms with Crippen molar-refractivity contribution in [2.24, 2.45) is 0 Å². The summed E-state index contributed by atoms with van der Waals surface area (Å²) in [4.78, 5) is 24.0. The number of hydrogen-bond donors (Lipinski definition) is 0. The number of carbonyl (C=O) groups is 2. The topological polar surface area (TPSA) is 37.4 Å². The summed E-state index contributed by atoms with van der Waals surface area (Å²) in [6, 6.07) is 6.09. The number of halogens is 5. The number of imide groups is 1. The van der Waals surface area contributed by atoms with Gasteiger partial charge in [0.1, 0.15) is 0 Å². The second-order valence-corrected chi connectivity index (χ2v) is 6.16. The standard InChI is InChI=1S/C16H8F5NO2S/c17-9-10(18)12(20)14(13(21)11(9)19)25-6-5-22-15(23)7-3-1-2-4-8(7)16(22)24/h1-4H,5-6H2. The van der Waals surface area contributed by atoms with Gasteiger partial charge in [-0.15, -0.1) is 11.8 Å². The predicted octanol–water partition coefficient (Wildman–Crippen LogP) is 3.77. The van der Waals surface area contributed by atoms with Crippen molar-refractivity contribution >= 4 is 23.6 Å². The normalized spacial score (nSPS) is 13.6. The molecule has 0 saturated heterocycles. The molecular formula is C16H8F5NO2S. The summed E-state index contributed by atoms with van der Waals surface area (Å²) in [5.74, 6) is -11.6. The largest absolute Gasteiger partial charge is 0.273 e. The van der Waals surface area contributed by atoms with Crippen molar-refractivity contribution in [2.45, 2.75) is 4.90 Å². The van der Waals surface area contributed by atoms with Gasteiger partial charge in [0.25, 0.3) is 11.8 Å². The highest BCUT2D eigenvalue weighted by Gasteiger charge is 2.35. The van der Waals surface area contributed by atoms with E-state index < -0.39 is 45.8 Å². The Morgan fingerprint density at radius 3 is 1.68 bits per heavy atom. The summed E-state index contributed by atoms with van der Waals surface area (Å²) in [5.41, 5.74) is 0.405. The average molecular weight is 373 g/mol. The van der Waals surface area contributed by atoms with Gasteiger partial charge in [0.2, 0.25) is 5.82 Å². The Kier molecular flexibility index (Phi) is 4.51. The minimum atomic E-state index is -2.24. The van der Waals surface area contributed by atoms with Crippen molar-refractivity contribution in [1.29, 1.82) is 0 Å². The average Bonchev–Trinajstić information content (AvgIpc) is 2.86. The fraction of sp³-hybridized carbons (Fsp3) is 0.125. The molecule has 130 valence electrons. The highest BCUT2D eigenvalue weighted by atomic mass is 32.2. The molecule has 1 heterocycles. The number of hydrogen-bond acceptors (Lipinski definition) is 3. The molecule has 1 aliphatic heterocycles. The molecule has 25 heavy (non-hydrogen) atoms. The Morgan fingerprint density at radius 1 is 0.760 bits per heavy atom. The van der Waals surface area contributed by atoms with Crippen LogP contribution in [-0.2, 0) is 0 Å². The molecular weight excluding hydrogens is 365 g/mol. The molecule has 2 aromatic carbocycles. The van der Waals surface area contributed by atoms with Gasteiger partial charge in [-0.1, -0.05) is 12.1 Å². The van der Waals surface area contributed by atoms with E-state index >= 15 is 0 Å². The zero-order valence-electron chi connectivity index (χ0n) is 12.3. The second-order valence-electron chi connectivity index (χ2n) is 5.06. The molecule has 0 bridgehead atoms. The van der Waals surface area contributed by atoms with Crippen LogP contribution in [-0.4, -0.2) is 29.0 Å². The molecule has 0 saturated carbocycles. The molecule has 3 nitrogen and oxygen atoms in total. The molecule has 0 N–H and O–H groups in total. The number of fused-ring (bicyclic) bond motifs is 1. The van der Waals surface area contributed by atoms with E-state index in [4.69, 9.17) is 0 Å². The van der Waals surface area contributed by atoms with Crippen LogP contribution in [0.5, 0.6) is 0 Å². The lowest BCUT2D eigenvalue weighted by Crippen LogP contribution is -2.31. The van der Waals surface area contributed by atoms with Crippen LogP contribution >= 0.6 is 11.8 Å². The fourth-order valence-corrected chi connectivity index (χ4v) is 3.30. The zero-order chi connectivity index (χ0) is 18.3. The van der Waals surface area contributed by atoms with Gasteiger partial charge >= 0.3 is 0 Å². The van der Waals surface area contributed by atoms with E-state index in [0.29, 0.717) is 11.8 Å². The summed E-state index contributed by atoms with van der Waals surface area (Å²) in [7, 11) is 0. The predicted molar refractivity (Wildman–Crippen MR) is 78.8 cm³/mol. The molecule has 0 fully saturated rings. The highest BCUT2D eigenvalue weighted by molar-refractivity contribution is 7.99. The highest BCUT2D eigenvalue weighted by Crippen LogP contribution is 2.31. The molecule has 0 aliphatic carbocycles. The molecule has 0 radical (unpaired) electrons. The first-order valence-electron chi connectivity index (χ1n) is 6.94. The van der Waals surface area contributed by atoms with Crippen molar-refractivity contribution in [2.75, 3.05) is 12.3 Å². The zero-order valence-corrected chi connectivity index (χ0v) is 13.1. The lowest BCUT2D eigenvalue weighted by molar-refractivity contribution is 0.0664. The summed E-state index contributed by atoms with van der Waals surface area (Å²) in [6.45, 7) is -0.240. The third kappa shape index (κ3) is 2.78. The Labute approximate surface area is 142 Å². The Bertz CT molecular complexity index is 838. The van der Waals surface area contributed by atoms with E-state index in [1.165, 1.54) is 12.1 Å². The van der Waals surface area contributed by atoms with Gasteiger partial charge in [-0.25, -0.2) is 22.0 Å². The minimum absolute atomic E-state index is 0.203. The molecule has 0 atom stereocenters. The first kappa shape index (κ1) is 17.4. The Hall–Kier alpha value is -2.42. The number of rotatable bonds is 4. The van der Waals surface area contributed by atoms with Gasteiger partial charge in [0.05, 0.1) is 16.0 Å². The van der Waals surface area contributed by atoms with Crippen LogP contribution in [0.2, 0.25) is 0 Å². The number of benzene rings is 2. The number of nitrogens with zero attached hydrogens (tertiary/aromatic N) is 1. The summed E-state index contributed by atoms with van der Waals surface area (Å²) in [5, 5.41) is 0. The maximum absolute atomic E-state index is 13.6. The van der Waals surface area contributed by atoms with Crippen LogP contribution in [0.25, 0.3) is 0 Å². The summed E-state index contributed by atoms with van der Waals surface area (Å²) < 4.78 is 66.4. The van der Waals surface area contributed by atoms with E-state index in [9.17, 15) is 31.5 Å². The van der Waals surface area contributed by atoms with E-state index in [1.54, 1.807) is 12.1 Å². The van der Waals surface area contributed by atoms with Crippen molar-refractivity contribution < 1.29 is 31.5 Å². The summed E-state index contributed by atoms with van der Waals surface area (Å²) in [6.07, 6.45) is 0. The minimum Gasteiger partial charge on any atom is -0.273 e. The maximum Gasteiger partial charge on any atom is 0.261 e. The summed E-state index contributed by atoms with van der Waals surface area (Å²) >= 11 is 0.338. The quantitative estimate of drug-likeness (QED) is 0.269. The number of carbonyl (C=O) groups excluding carboxylic acids is 2. The number of amides is 2. The van der Waals surface area contributed by atoms with Crippen molar-refractivity contribution in [3.8, 4) is 0 Å².